The zero-order valence-corrected chi connectivity index (χ0v) is 15.5. The number of ether oxygens (including phenoxy) is 1. The molecule has 2 rings (SSSR count). The molecule has 1 aromatic heterocycles. The lowest BCUT2D eigenvalue weighted by atomic mass is 9.75. The fourth-order valence-corrected chi connectivity index (χ4v) is 3.19. The number of aliphatic hydroxyl groups excluding tert-OH is 1. The van der Waals surface area contributed by atoms with E-state index in [0.717, 1.165) is 16.1 Å². The maximum Gasteiger partial charge on any atom is 0.221 e. The number of aromatic nitrogens is 1. The number of aliphatic hydroxyl groups is 1. The number of pyridine rings is 1. The van der Waals surface area contributed by atoms with Gasteiger partial charge in [-0.1, -0.05) is 0 Å². The average molecular weight is 371 g/mol. The van der Waals surface area contributed by atoms with E-state index in [1.165, 1.54) is 7.05 Å². The highest BCUT2D eigenvalue weighted by atomic mass is 32.2. The normalized spacial score (nSPS) is 21.5. The second-order valence-electron chi connectivity index (χ2n) is 6.42. The minimum atomic E-state index is -3.31. The summed E-state index contributed by atoms with van der Waals surface area (Å²) < 4.78 is 29.1. The number of sulfonamides is 1. The van der Waals surface area contributed by atoms with Crippen molar-refractivity contribution in [1.29, 1.82) is 0 Å². The average Bonchev–Trinajstić information content (AvgIpc) is 2.54. The Balaban J connectivity index is 2.05. The van der Waals surface area contributed by atoms with E-state index in [1.54, 1.807) is 19.5 Å². The van der Waals surface area contributed by atoms with Gasteiger partial charge in [0.2, 0.25) is 15.9 Å². The van der Waals surface area contributed by atoms with Gasteiger partial charge in [-0.2, -0.15) is 0 Å². The van der Waals surface area contributed by atoms with Crippen LogP contribution in [0.2, 0.25) is 0 Å². The third-order valence-corrected chi connectivity index (χ3v) is 5.80. The van der Waals surface area contributed by atoms with Crippen LogP contribution >= 0.6 is 0 Å². The first-order valence-corrected chi connectivity index (χ1v) is 9.93. The lowest BCUT2D eigenvalue weighted by Crippen LogP contribution is -2.42. The molecule has 1 aliphatic carbocycles. The maximum atomic E-state index is 12.3. The molecule has 1 saturated carbocycles. The lowest BCUT2D eigenvalue weighted by Gasteiger charge is -2.38. The van der Waals surface area contributed by atoms with Gasteiger partial charge < -0.3 is 15.2 Å². The van der Waals surface area contributed by atoms with Crippen molar-refractivity contribution < 1.29 is 23.1 Å². The molecule has 140 valence electrons. The van der Waals surface area contributed by atoms with E-state index >= 15 is 0 Å². The molecule has 2 N–H and O–H groups in total. The number of hydrogen-bond donors (Lipinski definition) is 2. The minimum absolute atomic E-state index is 0.0622. The van der Waals surface area contributed by atoms with Crippen LogP contribution in [-0.2, 0) is 14.8 Å². The number of hydrogen-bond acceptors (Lipinski definition) is 6. The zero-order valence-electron chi connectivity index (χ0n) is 14.7. The van der Waals surface area contributed by atoms with Crippen LogP contribution in [0.4, 0.5) is 0 Å². The minimum Gasteiger partial charge on any atom is -0.495 e. The van der Waals surface area contributed by atoms with Crippen LogP contribution in [0.15, 0.2) is 18.5 Å². The van der Waals surface area contributed by atoms with Crippen molar-refractivity contribution >= 4 is 15.9 Å². The van der Waals surface area contributed by atoms with E-state index in [2.05, 4.69) is 10.3 Å². The fraction of sp³-hybridized carbons (Fsp3) is 0.625. The topological polar surface area (TPSA) is 109 Å². The summed E-state index contributed by atoms with van der Waals surface area (Å²) in [6.45, 7) is 0.112. The van der Waals surface area contributed by atoms with Gasteiger partial charge in [0.15, 0.2) is 0 Å². The Hall–Kier alpha value is -1.71. The molecule has 1 atom stereocenters. The summed E-state index contributed by atoms with van der Waals surface area (Å²) in [6.07, 6.45) is 5.27. The van der Waals surface area contributed by atoms with Gasteiger partial charge in [0.05, 0.1) is 31.7 Å². The molecule has 1 unspecified atom stereocenters. The molecule has 0 aromatic carbocycles. The molecule has 1 amide bonds. The van der Waals surface area contributed by atoms with Crippen molar-refractivity contribution in [1.82, 2.24) is 14.6 Å². The molecule has 25 heavy (non-hydrogen) atoms. The number of nitrogens with one attached hydrogen (secondary N) is 1. The second kappa shape index (κ2) is 8.11. The van der Waals surface area contributed by atoms with E-state index in [1.807, 2.05) is 6.07 Å². The largest absolute Gasteiger partial charge is 0.495 e. The second-order valence-corrected chi connectivity index (χ2v) is 8.51. The first kappa shape index (κ1) is 19.6. The summed E-state index contributed by atoms with van der Waals surface area (Å²) >= 11 is 0. The highest BCUT2D eigenvalue weighted by molar-refractivity contribution is 7.88. The molecule has 0 bridgehead atoms. The molecule has 0 saturated heterocycles. The quantitative estimate of drug-likeness (QED) is 0.680. The standard InChI is InChI=1S/C16H25N3O5S/c1-19(25(3,22)23)5-4-15(21)18-16(11-6-13(20)7-11)12-8-14(24-2)10-17-9-12/h8-11,13,16,20H,4-7H2,1-3H3,(H,18,21). The number of nitrogens with zero attached hydrogens (tertiary/aromatic N) is 2. The van der Waals surface area contributed by atoms with Gasteiger partial charge in [-0.25, -0.2) is 12.7 Å². The van der Waals surface area contributed by atoms with Gasteiger partial charge in [0, 0.05) is 26.2 Å². The van der Waals surface area contributed by atoms with Crippen LogP contribution in [0.1, 0.15) is 30.9 Å². The van der Waals surface area contributed by atoms with Gasteiger partial charge in [0.25, 0.3) is 0 Å². The molecule has 1 aromatic rings. The van der Waals surface area contributed by atoms with E-state index in [0.29, 0.717) is 18.6 Å². The Morgan fingerprint density at radius 2 is 2.16 bits per heavy atom. The zero-order chi connectivity index (χ0) is 18.6. The number of carbonyl (C=O) groups excluding carboxylic acids is 1. The van der Waals surface area contributed by atoms with E-state index in [9.17, 15) is 18.3 Å². The summed E-state index contributed by atoms with van der Waals surface area (Å²) in [4.78, 5) is 16.4. The predicted octanol–water partition coefficient (Wildman–Crippen LogP) is 0.300. The number of rotatable bonds is 8. The molecule has 0 spiro atoms. The Morgan fingerprint density at radius 1 is 1.48 bits per heavy atom. The number of methoxy groups -OCH3 is 1. The van der Waals surface area contributed by atoms with Gasteiger partial charge in [-0.05, 0) is 30.4 Å². The molecular formula is C16H25N3O5S. The molecule has 1 aliphatic rings. The monoisotopic (exact) mass is 371 g/mol. The Kier molecular flexibility index (Phi) is 6.36. The van der Waals surface area contributed by atoms with Crippen LogP contribution in [0.25, 0.3) is 0 Å². The molecule has 0 radical (unpaired) electrons. The van der Waals surface area contributed by atoms with Crippen molar-refractivity contribution in [2.24, 2.45) is 5.92 Å². The summed E-state index contributed by atoms with van der Waals surface area (Å²) in [5, 5.41) is 12.5. The highest BCUT2D eigenvalue weighted by Crippen LogP contribution is 2.38. The lowest BCUT2D eigenvalue weighted by molar-refractivity contribution is -0.123. The Bertz CT molecular complexity index is 703. The maximum absolute atomic E-state index is 12.3. The van der Waals surface area contributed by atoms with Crippen LogP contribution in [0.3, 0.4) is 0 Å². The molecule has 8 nitrogen and oxygen atoms in total. The Labute approximate surface area is 148 Å². The summed E-state index contributed by atoms with van der Waals surface area (Å²) in [5.41, 5.74) is 0.807. The molecule has 1 heterocycles. The highest BCUT2D eigenvalue weighted by Gasteiger charge is 2.36. The molecular weight excluding hydrogens is 346 g/mol. The number of amides is 1. The predicted molar refractivity (Wildman–Crippen MR) is 92.5 cm³/mol. The van der Waals surface area contributed by atoms with Crippen molar-refractivity contribution in [3.63, 3.8) is 0 Å². The van der Waals surface area contributed by atoms with E-state index in [4.69, 9.17) is 4.74 Å². The van der Waals surface area contributed by atoms with Gasteiger partial charge in [-0.3, -0.25) is 9.78 Å². The van der Waals surface area contributed by atoms with Crippen molar-refractivity contribution in [2.75, 3.05) is 27.0 Å². The van der Waals surface area contributed by atoms with Gasteiger partial charge in [-0.15, -0.1) is 0 Å². The van der Waals surface area contributed by atoms with Crippen LogP contribution < -0.4 is 10.1 Å². The van der Waals surface area contributed by atoms with Gasteiger partial charge >= 0.3 is 0 Å². The third-order valence-electron chi connectivity index (χ3n) is 4.49. The summed E-state index contributed by atoms with van der Waals surface area (Å²) in [6, 6.07) is 1.52. The van der Waals surface area contributed by atoms with Crippen LogP contribution in [0.5, 0.6) is 5.75 Å². The van der Waals surface area contributed by atoms with Crippen molar-refractivity contribution in [3.8, 4) is 5.75 Å². The van der Waals surface area contributed by atoms with Crippen molar-refractivity contribution in [2.45, 2.75) is 31.4 Å². The van der Waals surface area contributed by atoms with Gasteiger partial charge in [0.1, 0.15) is 5.75 Å². The van der Waals surface area contributed by atoms with Crippen LogP contribution in [-0.4, -0.2) is 61.8 Å². The Morgan fingerprint density at radius 3 is 2.72 bits per heavy atom. The smallest absolute Gasteiger partial charge is 0.221 e. The summed E-state index contributed by atoms with van der Waals surface area (Å²) in [7, 11) is -0.328. The summed E-state index contributed by atoms with van der Waals surface area (Å²) in [5.74, 6) is 0.457. The van der Waals surface area contributed by atoms with E-state index < -0.39 is 10.0 Å². The third kappa shape index (κ3) is 5.38. The van der Waals surface area contributed by atoms with E-state index in [-0.39, 0.29) is 36.9 Å². The molecule has 1 fully saturated rings. The molecule has 9 heteroatoms. The molecule has 0 aliphatic heterocycles. The first-order valence-electron chi connectivity index (χ1n) is 8.08. The SMILES string of the molecule is COc1cncc(C(NC(=O)CCN(C)S(C)(=O)=O)C2CC(O)C2)c1. The van der Waals surface area contributed by atoms with Crippen molar-refractivity contribution in [3.05, 3.63) is 24.0 Å². The van der Waals surface area contributed by atoms with Crippen LogP contribution in [0, 0.1) is 5.92 Å². The fourth-order valence-electron chi connectivity index (χ4n) is 2.76. The first-order chi connectivity index (χ1) is 11.7. The number of carbonyl (C=O) groups is 1.